The standard InChI is InChI=1S/C11H12F3NO/c1-7(11(12,13)14)10(8(2)16)9-3-5-15-6-4-9/h3-6,8,10,16H,1H2,2H3. The monoisotopic (exact) mass is 231 g/mol. The molecule has 16 heavy (non-hydrogen) atoms. The van der Waals surface area contributed by atoms with Crippen molar-refractivity contribution in [1.82, 2.24) is 4.98 Å². The van der Waals surface area contributed by atoms with Crippen LogP contribution in [-0.2, 0) is 0 Å². The van der Waals surface area contributed by atoms with Crippen molar-refractivity contribution in [2.24, 2.45) is 0 Å². The number of alkyl halides is 3. The number of halogens is 3. The molecular weight excluding hydrogens is 219 g/mol. The molecule has 0 aliphatic carbocycles. The van der Waals surface area contributed by atoms with Crippen LogP contribution in [0.5, 0.6) is 0 Å². The van der Waals surface area contributed by atoms with Crippen LogP contribution in [0.2, 0.25) is 0 Å². The van der Waals surface area contributed by atoms with Gasteiger partial charge < -0.3 is 5.11 Å². The number of pyridine rings is 1. The van der Waals surface area contributed by atoms with Crippen molar-refractivity contribution in [2.45, 2.75) is 25.1 Å². The van der Waals surface area contributed by atoms with Gasteiger partial charge in [-0.2, -0.15) is 13.2 Å². The summed E-state index contributed by atoms with van der Waals surface area (Å²) in [5, 5.41) is 9.42. The topological polar surface area (TPSA) is 33.1 Å². The molecule has 0 aliphatic rings. The Kier molecular flexibility index (Phi) is 3.70. The Balaban J connectivity index is 3.07. The van der Waals surface area contributed by atoms with E-state index in [9.17, 15) is 18.3 Å². The lowest BCUT2D eigenvalue weighted by atomic mass is 9.88. The number of nitrogens with zero attached hydrogens (tertiary/aromatic N) is 1. The quantitative estimate of drug-likeness (QED) is 0.811. The van der Waals surface area contributed by atoms with Crippen molar-refractivity contribution in [2.75, 3.05) is 0 Å². The van der Waals surface area contributed by atoms with Gasteiger partial charge in [0.2, 0.25) is 0 Å². The molecule has 0 aromatic carbocycles. The van der Waals surface area contributed by atoms with Crippen LogP contribution in [0.1, 0.15) is 18.4 Å². The Morgan fingerprint density at radius 2 is 1.88 bits per heavy atom. The van der Waals surface area contributed by atoms with E-state index < -0.39 is 23.8 Å². The van der Waals surface area contributed by atoms with E-state index in [2.05, 4.69) is 11.6 Å². The highest BCUT2D eigenvalue weighted by atomic mass is 19.4. The minimum Gasteiger partial charge on any atom is -0.392 e. The van der Waals surface area contributed by atoms with Crippen LogP contribution in [0.4, 0.5) is 13.2 Å². The summed E-state index contributed by atoms with van der Waals surface area (Å²) in [6, 6.07) is 2.88. The lowest BCUT2D eigenvalue weighted by Crippen LogP contribution is -2.25. The van der Waals surface area contributed by atoms with Gasteiger partial charge >= 0.3 is 6.18 Å². The molecule has 0 aliphatic heterocycles. The summed E-state index contributed by atoms with van der Waals surface area (Å²) in [4.78, 5) is 3.72. The summed E-state index contributed by atoms with van der Waals surface area (Å²) in [6.45, 7) is 4.33. The van der Waals surface area contributed by atoms with Crippen molar-refractivity contribution in [3.05, 3.63) is 42.2 Å². The van der Waals surface area contributed by atoms with Crippen molar-refractivity contribution < 1.29 is 18.3 Å². The maximum absolute atomic E-state index is 12.5. The Labute approximate surface area is 91.4 Å². The molecular formula is C11H12F3NO. The van der Waals surface area contributed by atoms with Gasteiger partial charge in [-0.1, -0.05) is 6.58 Å². The molecule has 1 heterocycles. The van der Waals surface area contributed by atoms with Crippen LogP contribution in [0.3, 0.4) is 0 Å². The van der Waals surface area contributed by atoms with Crippen LogP contribution in [0.15, 0.2) is 36.7 Å². The van der Waals surface area contributed by atoms with Gasteiger partial charge in [0, 0.05) is 23.9 Å². The normalized spacial score (nSPS) is 15.6. The number of rotatable bonds is 3. The predicted octanol–water partition coefficient (Wildman–Crippen LogP) is 2.66. The molecule has 0 bridgehead atoms. The third kappa shape index (κ3) is 2.82. The number of hydrogen-bond acceptors (Lipinski definition) is 2. The second-order valence-corrected chi connectivity index (χ2v) is 3.52. The summed E-state index contributed by atoms with van der Waals surface area (Å²) in [5.41, 5.74) is -0.596. The molecule has 0 radical (unpaired) electrons. The van der Waals surface area contributed by atoms with Gasteiger partial charge in [-0.15, -0.1) is 0 Å². The van der Waals surface area contributed by atoms with Crippen LogP contribution < -0.4 is 0 Å². The number of hydrogen-bond donors (Lipinski definition) is 1. The Morgan fingerprint density at radius 3 is 2.25 bits per heavy atom. The average Bonchev–Trinajstić information content (AvgIpc) is 2.17. The SMILES string of the molecule is C=C(C(c1ccncc1)C(C)O)C(F)(F)F. The predicted molar refractivity (Wildman–Crippen MR) is 53.9 cm³/mol. The fourth-order valence-corrected chi connectivity index (χ4v) is 1.52. The van der Waals surface area contributed by atoms with Crippen molar-refractivity contribution >= 4 is 0 Å². The first kappa shape index (κ1) is 12.7. The van der Waals surface area contributed by atoms with Crippen molar-refractivity contribution in [1.29, 1.82) is 0 Å². The van der Waals surface area contributed by atoms with E-state index in [1.165, 1.54) is 31.5 Å². The lowest BCUT2D eigenvalue weighted by Gasteiger charge is -2.24. The second-order valence-electron chi connectivity index (χ2n) is 3.52. The fourth-order valence-electron chi connectivity index (χ4n) is 1.52. The molecule has 0 fully saturated rings. The molecule has 0 saturated heterocycles. The third-order valence-electron chi connectivity index (χ3n) is 2.29. The zero-order chi connectivity index (χ0) is 12.3. The van der Waals surface area contributed by atoms with Gasteiger partial charge in [0.15, 0.2) is 0 Å². The lowest BCUT2D eigenvalue weighted by molar-refractivity contribution is -0.0990. The molecule has 1 rings (SSSR count). The molecule has 1 aromatic rings. The van der Waals surface area contributed by atoms with E-state index >= 15 is 0 Å². The fraction of sp³-hybridized carbons (Fsp3) is 0.364. The van der Waals surface area contributed by atoms with Gasteiger partial charge in [0.1, 0.15) is 0 Å². The summed E-state index contributed by atoms with van der Waals surface area (Å²) >= 11 is 0. The van der Waals surface area contributed by atoms with Crippen LogP contribution >= 0.6 is 0 Å². The van der Waals surface area contributed by atoms with Crippen LogP contribution in [0, 0.1) is 0 Å². The van der Waals surface area contributed by atoms with E-state index in [1.54, 1.807) is 0 Å². The highest BCUT2D eigenvalue weighted by Crippen LogP contribution is 2.37. The maximum Gasteiger partial charge on any atom is 0.412 e. The largest absolute Gasteiger partial charge is 0.412 e. The summed E-state index contributed by atoms with van der Waals surface area (Å²) in [6.07, 6.45) is -2.90. The number of aromatic nitrogens is 1. The smallest absolute Gasteiger partial charge is 0.392 e. The van der Waals surface area contributed by atoms with E-state index in [4.69, 9.17) is 0 Å². The van der Waals surface area contributed by atoms with Crippen molar-refractivity contribution in [3.63, 3.8) is 0 Å². The molecule has 0 amide bonds. The highest BCUT2D eigenvalue weighted by Gasteiger charge is 2.39. The average molecular weight is 231 g/mol. The Bertz CT molecular complexity index is 359. The van der Waals surface area contributed by atoms with Gasteiger partial charge in [0.25, 0.3) is 0 Å². The van der Waals surface area contributed by atoms with Crippen molar-refractivity contribution in [3.8, 4) is 0 Å². The molecule has 88 valence electrons. The highest BCUT2D eigenvalue weighted by molar-refractivity contribution is 5.29. The van der Waals surface area contributed by atoms with Gasteiger partial charge in [-0.25, -0.2) is 0 Å². The first-order chi connectivity index (χ1) is 7.34. The van der Waals surface area contributed by atoms with E-state index in [-0.39, 0.29) is 0 Å². The molecule has 2 atom stereocenters. The van der Waals surface area contributed by atoms with E-state index in [1.807, 2.05) is 0 Å². The zero-order valence-electron chi connectivity index (χ0n) is 8.70. The van der Waals surface area contributed by atoms with E-state index in [0.717, 1.165) is 0 Å². The molecule has 2 nitrogen and oxygen atoms in total. The molecule has 1 aromatic heterocycles. The minimum atomic E-state index is -4.51. The maximum atomic E-state index is 12.5. The molecule has 0 saturated carbocycles. The third-order valence-corrected chi connectivity index (χ3v) is 2.29. The minimum absolute atomic E-state index is 0.354. The summed E-state index contributed by atoms with van der Waals surface area (Å²) in [7, 11) is 0. The van der Waals surface area contributed by atoms with Crippen LogP contribution in [-0.4, -0.2) is 22.4 Å². The van der Waals surface area contributed by atoms with E-state index in [0.29, 0.717) is 5.56 Å². The van der Waals surface area contributed by atoms with Crippen LogP contribution in [0.25, 0.3) is 0 Å². The number of aliphatic hydroxyl groups is 1. The summed E-state index contributed by atoms with van der Waals surface area (Å²) < 4.78 is 37.6. The Hall–Kier alpha value is -1.36. The molecule has 0 spiro atoms. The van der Waals surface area contributed by atoms with Gasteiger partial charge in [-0.3, -0.25) is 4.98 Å². The first-order valence-corrected chi connectivity index (χ1v) is 4.68. The molecule has 2 unspecified atom stereocenters. The second kappa shape index (κ2) is 4.65. The zero-order valence-corrected chi connectivity index (χ0v) is 8.70. The molecule has 1 N–H and O–H groups in total. The summed E-state index contributed by atoms with van der Waals surface area (Å²) in [5.74, 6) is -1.15. The first-order valence-electron chi connectivity index (χ1n) is 4.68. The Morgan fingerprint density at radius 1 is 1.38 bits per heavy atom. The van der Waals surface area contributed by atoms with Gasteiger partial charge in [-0.05, 0) is 24.6 Å². The number of aliphatic hydroxyl groups excluding tert-OH is 1. The van der Waals surface area contributed by atoms with Gasteiger partial charge in [0.05, 0.1) is 6.10 Å². The molecule has 5 heteroatoms.